The number of alkyl halides is 3. The second-order valence-electron chi connectivity index (χ2n) is 30.7. The molecular formula is C94H108Cl3NO24. The molecule has 28 heteroatoms. The minimum Gasteiger partial charge on any atom is -0.454 e. The summed E-state index contributed by atoms with van der Waals surface area (Å²) in [6, 6.07) is 74.7. The smallest absolute Gasteiger partial charge is 0.303 e. The van der Waals surface area contributed by atoms with Crippen LogP contribution in [-0.4, -0.2) is 205 Å². The zero-order chi connectivity index (χ0) is 85.3. The Morgan fingerprint density at radius 3 is 1.13 bits per heavy atom. The number of carbonyl (C=O) groups is 2. The lowest BCUT2D eigenvalue weighted by molar-refractivity contribution is -0.413. The molecule has 5 heterocycles. The number of amides is 1. The van der Waals surface area contributed by atoms with Gasteiger partial charge in [-0.1, -0.05) is 284 Å². The van der Waals surface area contributed by atoms with Crippen LogP contribution in [-0.2, 0) is 152 Å². The number of nitrogens with one attached hydrogen (secondary N) is 1. The molecule has 5 saturated heterocycles. The van der Waals surface area contributed by atoms with Crippen molar-refractivity contribution in [2.45, 2.75) is 232 Å². The lowest BCUT2D eigenvalue weighted by Gasteiger charge is -2.53. The molecule has 0 bridgehead atoms. The Hall–Kier alpha value is -7.53. The number of aliphatic hydroxyl groups excluding tert-OH is 3. The molecule has 5 aliphatic rings. The molecule has 122 heavy (non-hydrogen) atoms. The number of aliphatic hydroxyl groups is 3. The molecule has 0 radical (unpaired) electrons. The van der Waals surface area contributed by atoms with E-state index in [9.17, 15) is 24.9 Å². The van der Waals surface area contributed by atoms with E-state index in [-0.39, 0.29) is 72.7 Å². The molecule has 5 aliphatic heterocycles. The standard InChI is InChI=1S/C94H108Cl3NO24/c1-6-47-106-89-86(116-62(5)100)83(78(60(3)113-89)108-52-66-37-21-10-22-38-66)120-90-80(71(57-104-49-63-31-15-7-16-32-63)77(59(2)114-90)107-51-65-35-19-9-20-36-65)119-92-87(122-88-74(98-93(103)94(95,96)97)76(102)75(101)72(48-99)117-88)84(79(61(4)115-92)109-53-67-39-23-11-24-40-67)121-91-85(112-56-70-45-29-14-30-46-70)82(111-55-69-43-27-13-28-44-69)81(110-54-68-41-25-12-26-42-68)73(118-91)58-105-50-64-33-17-8-18-34-64/h6-46,59-61,71-92,99,101-102H,1,47-58H2,2-5H3,(H,98,103)/t59-,60-,61-,71+,72+,73-,74+,75+,76+,77-,78-,79-,80+,81-,82+,83+,84+,85+,86+,87+,88-,89+,90-,91-,92-/m0/s1. The Morgan fingerprint density at radius 1 is 0.377 bits per heavy atom. The summed E-state index contributed by atoms with van der Waals surface area (Å²) in [7, 11) is 0. The molecular weight excluding hydrogens is 1630 g/mol. The molecule has 0 aliphatic carbocycles. The fourth-order valence-corrected chi connectivity index (χ4v) is 15.8. The fraction of sp³-hybridized carbons (Fsp3) is 0.447. The molecule has 25 atom stereocenters. The van der Waals surface area contributed by atoms with Gasteiger partial charge in [0.05, 0.1) is 104 Å². The lowest BCUT2D eigenvalue weighted by atomic mass is 9.88. The van der Waals surface area contributed by atoms with E-state index < -0.39 is 176 Å². The van der Waals surface area contributed by atoms with Crippen molar-refractivity contribution in [1.82, 2.24) is 5.32 Å². The van der Waals surface area contributed by atoms with Gasteiger partial charge in [0.25, 0.3) is 9.70 Å². The van der Waals surface area contributed by atoms with Gasteiger partial charge in [-0.3, -0.25) is 9.59 Å². The SMILES string of the molecule is C=CCO[C@@H]1O[C@@H](C)[C@H](OCc2ccccc2)[C@@H](O[C@@H]2O[C@@H](C)[C@H](OCc3ccccc3)[C@@H](COCc3ccccc3)[C@H]2O[C@@H]2O[C@@H](C)[C@H](OCc3ccccc3)[C@@H](O[C@@H]3O[C@@H](COCc4ccccc4)[C@H](OCc4ccccc4)[C@@H](OCc4ccccc4)[C@H]3OCc3ccccc3)[C@H]2O[C@@H]2O[C@H](CO)[C@@H](O)[C@H](O)[C@H]2NC(=O)C(Cl)(Cl)Cl)[C@H]1OC(C)=O. The third-order valence-electron chi connectivity index (χ3n) is 21.8. The Morgan fingerprint density at radius 2 is 0.713 bits per heavy atom. The molecule has 0 aromatic heterocycles. The van der Waals surface area contributed by atoms with Gasteiger partial charge in [-0.15, -0.1) is 6.58 Å². The molecule has 0 spiro atoms. The maximum atomic E-state index is 14.3. The Labute approximate surface area is 726 Å². The highest BCUT2D eigenvalue weighted by atomic mass is 35.6. The van der Waals surface area contributed by atoms with Crippen LogP contribution >= 0.6 is 34.8 Å². The predicted octanol–water partition coefficient (Wildman–Crippen LogP) is 12.5. The number of carbonyl (C=O) groups excluding carboxylic acids is 2. The monoisotopic (exact) mass is 1740 g/mol. The zero-order valence-electron chi connectivity index (χ0n) is 68.3. The van der Waals surface area contributed by atoms with Gasteiger partial charge in [-0.2, -0.15) is 0 Å². The van der Waals surface area contributed by atoms with E-state index in [1.54, 1.807) is 13.8 Å². The molecule has 25 nitrogen and oxygen atoms in total. The van der Waals surface area contributed by atoms with Crippen LogP contribution in [0.5, 0.6) is 0 Å². The summed E-state index contributed by atoms with van der Waals surface area (Å²) in [6.07, 6.45) is -30.3. The number of rotatable bonds is 40. The van der Waals surface area contributed by atoms with Crippen molar-refractivity contribution < 1.29 is 115 Å². The summed E-state index contributed by atoms with van der Waals surface area (Å²) in [4.78, 5) is 28.0. The number of esters is 1. The minimum atomic E-state index is -2.68. The van der Waals surface area contributed by atoms with Gasteiger partial charge in [0, 0.05) is 12.8 Å². The number of ether oxygens (including phenoxy) is 19. The van der Waals surface area contributed by atoms with Gasteiger partial charge < -0.3 is 111 Å². The van der Waals surface area contributed by atoms with Crippen LogP contribution in [0.4, 0.5) is 0 Å². The average molecular weight is 1740 g/mol. The van der Waals surface area contributed by atoms with E-state index >= 15 is 0 Å². The van der Waals surface area contributed by atoms with Crippen LogP contribution in [0.2, 0.25) is 0 Å². The van der Waals surface area contributed by atoms with Crippen LogP contribution in [0.3, 0.4) is 0 Å². The highest BCUT2D eigenvalue weighted by Crippen LogP contribution is 2.43. The van der Waals surface area contributed by atoms with Crippen LogP contribution in [0.15, 0.2) is 255 Å². The van der Waals surface area contributed by atoms with E-state index in [2.05, 4.69) is 11.9 Å². The molecule has 8 aromatic rings. The van der Waals surface area contributed by atoms with Crippen molar-refractivity contribution in [2.75, 3.05) is 26.4 Å². The topological polar surface area (TPSA) is 282 Å². The third-order valence-corrected chi connectivity index (χ3v) is 22.3. The first-order chi connectivity index (χ1) is 59.4. The second kappa shape index (κ2) is 46.1. The quantitative estimate of drug-likeness (QED) is 0.0158. The van der Waals surface area contributed by atoms with E-state index in [1.165, 1.54) is 13.0 Å². The number of hydrogen-bond acceptors (Lipinski definition) is 24. The minimum absolute atomic E-state index is 0.0280. The highest BCUT2D eigenvalue weighted by Gasteiger charge is 2.60. The largest absolute Gasteiger partial charge is 0.454 e. The molecule has 13 rings (SSSR count). The molecule has 8 aromatic carbocycles. The van der Waals surface area contributed by atoms with Crippen molar-refractivity contribution >= 4 is 46.7 Å². The molecule has 5 fully saturated rings. The molecule has 1 amide bonds. The van der Waals surface area contributed by atoms with Crippen LogP contribution in [0.25, 0.3) is 0 Å². The summed E-state index contributed by atoms with van der Waals surface area (Å²) in [5, 5.41) is 38.0. The van der Waals surface area contributed by atoms with E-state index in [0.29, 0.717) is 0 Å². The molecule has 0 unspecified atom stereocenters. The highest BCUT2D eigenvalue weighted by molar-refractivity contribution is 6.76. The van der Waals surface area contributed by atoms with Crippen molar-refractivity contribution in [1.29, 1.82) is 0 Å². The molecule has 654 valence electrons. The Balaban J connectivity index is 1.00. The van der Waals surface area contributed by atoms with E-state index in [0.717, 1.165) is 44.5 Å². The number of halogens is 3. The second-order valence-corrected chi connectivity index (χ2v) is 33.0. The number of hydrogen-bond donors (Lipinski definition) is 4. The van der Waals surface area contributed by atoms with Gasteiger partial charge in [0.2, 0.25) is 0 Å². The van der Waals surface area contributed by atoms with Gasteiger partial charge in [-0.05, 0) is 65.3 Å². The van der Waals surface area contributed by atoms with E-state index in [4.69, 9.17) is 125 Å². The van der Waals surface area contributed by atoms with E-state index in [1.807, 2.05) is 250 Å². The van der Waals surface area contributed by atoms with Crippen molar-refractivity contribution in [3.8, 4) is 0 Å². The average Bonchev–Trinajstić information content (AvgIpc) is 0.755. The Kier molecular flexibility index (Phi) is 34.8. The van der Waals surface area contributed by atoms with Crippen LogP contribution in [0.1, 0.15) is 72.2 Å². The van der Waals surface area contributed by atoms with Gasteiger partial charge in [0.1, 0.15) is 85.4 Å². The Bertz CT molecular complexity index is 4380. The first kappa shape index (κ1) is 92.1. The number of benzene rings is 8. The maximum Gasteiger partial charge on any atom is 0.303 e. The first-order valence-corrected chi connectivity index (χ1v) is 42.3. The maximum absolute atomic E-state index is 14.3. The zero-order valence-corrected chi connectivity index (χ0v) is 70.6. The third kappa shape index (κ3) is 25.4. The van der Waals surface area contributed by atoms with Crippen molar-refractivity contribution in [2.24, 2.45) is 5.92 Å². The van der Waals surface area contributed by atoms with Crippen molar-refractivity contribution in [3.05, 3.63) is 300 Å². The van der Waals surface area contributed by atoms with Gasteiger partial charge >= 0.3 is 5.97 Å². The van der Waals surface area contributed by atoms with Gasteiger partial charge in [-0.25, -0.2) is 0 Å². The summed E-state index contributed by atoms with van der Waals surface area (Å²) < 4.78 is 133. The van der Waals surface area contributed by atoms with Gasteiger partial charge in [0.15, 0.2) is 37.6 Å². The summed E-state index contributed by atoms with van der Waals surface area (Å²) >= 11 is 19.1. The summed E-state index contributed by atoms with van der Waals surface area (Å²) in [5.41, 5.74) is 6.51. The lowest BCUT2D eigenvalue weighted by Crippen LogP contribution is -2.70. The normalized spacial score (nSPS) is 30.6. The van der Waals surface area contributed by atoms with Crippen LogP contribution in [0, 0.1) is 5.92 Å². The molecule has 0 saturated carbocycles. The van der Waals surface area contributed by atoms with Crippen molar-refractivity contribution in [3.63, 3.8) is 0 Å². The summed E-state index contributed by atoms with van der Waals surface area (Å²) in [6.45, 7) is 9.76. The first-order valence-electron chi connectivity index (χ1n) is 41.2. The predicted molar refractivity (Wildman–Crippen MR) is 449 cm³/mol. The van der Waals surface area contributed by atoms with Crippen LogP contribution < -0.4 is 5.32 Å². The fourth-order valence-electron chi connectivity index (χ4n) is 15.7. The molecule has 4 N–H and O–H groups in total. The summed E-state index contributed by atoms with van der Waals surface area (Å²) in [5.74, 6) is -2.93.